The van der Waals surface area contributed by atoms with Crippen molar-refractivity contribution in [1.82, 2.24) is 4.90 Å². The largest absolute Gasteiger partial charge is 0.293 e. The molecule has 0 aliphatic heterocycles. The molecular formula is C6H12N2O2S. The summed E-state index contributed by atoms with van der Waals surface area (Å²) in [5.74, 6) is 0.116. The van der Waals surface area contributed by atoms with E-state index in [1.807, 2.05) is 6.07 Å². The van der Waals surface area contributed by atoms with Crippen molar-refractivity contribution in [3.63, 3.8) is 0 Å². The number of nitriles is 1. The number of hydrogen-bond donors (Lipinski definition) is 0. The predicted octanol–water partition coefficient (Wildman–Crippen LogP) is -0.514. The average Bonchev–Trinajstić information content (AvgIpc) is 1.83. The molecule has 0 aromatic carbocycles. The third-order valence-corrected chi connectivity index (χ3v) is 2.11. The normalized spacial score (nSPS) is 11.5. The average molecular weight is 176 g/mol. The van der Waals surface area contributed by atoms with Crippen LogP contribution in [0.4, 0.5) is 0 Å². The minimum absolute atomic E-state index is 0.116. The Morgan fingerprint density at radius 2 is 2.09 bits per heavy atom. The molecule has 5 heteroatoms. The van der Waals surface area contributed by atoms with E-state index in [1.54, 1.807) is 11.9 Å². The summed E-state index contributed by atoms with van der Waals surface area (Å²) in [5, 5.41) is 8.22. The molecule has 0 radical (unpaired) electrons. The molecule has 0 spiro atoms. The fraction of sp³-hybridized carbons (Fsp3) is 0.833. The van der Waals surface area contributed by atoms with Gasteiger partial charge in [0, 0.05) is 12.8 Å². The first-order valence-corrected chi connectivity index (χ1v) is 5.25. The van der Waals surface area contributed by atoms with Gasteiger partial charge >= 0.3 is 0 Å². The van der Waals surface area contributed by atoms with Crippen LogP contribution in [-0.2, 0) is 9.84 Å². The topological polar surface area (TPSA) is 61.2 Å². The van der Waals surface area contributed by atoms with Crippen molar-refractivity contribution in [3.05, 3.63) is 0 Å². The highest BCUT2D eigenvalue weighted by Gasteiger charge is 2.03. The SMILES string of the molecule is CN(CC#N)CCS(C)(=O)=O. The fourth-order valence-electron chi connectivity index (χ4n) is 0.521. The van der Waals surface area contributed by atoms with Crippen LogP contribution in [0.2, 0.25) is 0 Å². The Labute approximate surface area is 67.3 Å². The van der Waals surface area contributed by atoms with Gasteiger partial charge in [-0.25, -0.2) is 8.42 Å². The summed E-state index contributed by atoms with van der Waals surface area (Å²) in [6.45, 7) is 0.696. The van der Waals surface area contributed by atoms with Crippen LogP contribution in [0.1, 0.15) is 0 Å². The Kier molecular flexibility index (Phi) is 4.08. The van der Waals surface area contributed by atoms with E-state index >= 15 is 0 Å². The van der Waals surface area contributed by atoms with Crippen LogP contribution in [0, 0.1) is 11.3 Å². The van der Waals surface area contributed by atoms with Gasteiger partial charge in [-0.3, -0.25) is 4.90 Å². The van der Waals surface area contributed by atoms with Crippen LogP contribution in [0.5, 0.6) is 0 Å². The zero-order valence-electron chi connectivity index (χ0n) is 6.74. The fourth-order valence-corrected chi connectivity index (χ4v) is 1.16. The van der Waals surface area contributed by atoms with E-state index in [2.05, 4.69) is 0 Å². The molecule has 0 aromatic heterocycles. The molecular weight excluding hydrogens is 164 g/mol. The van der Waals surface area contributed by atoms with Gasteiger partial charge in [0.05, 0.1) is 18.4 Å². The molecule has 0 aromatic rings. The van der Waals surface area contributed by atoms with Crippen LogP contribution in [0.25, 0.3) is 0 Å². The summed E-state index contributed by atoms with van der Waals surface area (Å²) >= 11 is 0. The number of nitrogens with zero attached hydrogens (tertiary/aromatic N) is 2. The van der Waals surface area contributed by atoms with Gasteiger partial charge < -0.3 is 0 Å². The van der Waals surface area contributed by atoms with E-state index in [9.17, 15) is 8.42 Å². The van der Waals surface area contributed by atoms with Crippen LogP contribution in [-0.4, -0.2) is 45.5 Å². The number of rotatable bonds is 4. The zero-order chi connectivity index (χ0) is 8.91. The first-order valence-electron chi connectivity index (χ1n) is 3.19. The molecule has 0 bridgehead atoms. The summed E-state index contributed by atoms with van der Waals surface area (Å²) in [6, 6.07) is 1.93. The van der Waals surface area contributed by atoms with Gasteiger partial charge in [-0.2, -0.15) is 5.26 Å². The molecule has 0 aliphatic carbocycles. The molecule has 64 valence electrons. The van der Waals surface area contributed by atoms with Crippen LogP contribution < -0.4 is 0 Å². The van der Waals surface area contributed by atoms with E-state index in [4.69, 9.17) is 5.26 Å². The Bertz CT molecular complexity index is 240. The molecule has 4 nitrogen and oxygen atoms in total. The van der Waals surface area contributed by atoms with Gasteiger partial charge in [-0.05, 0) is 7.05 Å². The van der Waals surface area contributed by atoms with Gasteiger partial charge in [0.2, 0.25) is 0 Å². The quantitative estimate of drug-likeness (QED) is 0.541. The maximum Gasteiger partial charge on any atom is 0.148 e. The maximum atomic E-state index is 10.6. The second-order valence-corrected chi connectivity index (χ2v) is 4.79. The van der Waals surface area contributed by atoms with Gasteiger partial charge in [0.1, 0.15) is 9.84 Å². The monoisotopic (exact) mass is 176 g/mol. The smallest absolute Gasteiger partial charge is 0.148 e. The molecule has 0 saturated carbocycles. The second kappa shape index (κ2) is 4.31. The summed E-state index contributed by atoms with van der Waals surface area (Å²) in [6.07, 6.45) is 1.19. The van der Waals surface area contributed by atoms with E-state index in [0.29, 0.717) is 6.54 Å². The highest BCUT2D eigenvalue weighted by atomic mass is 32.2. The van der Waals surface area contributed by atoms with E-state index in [1.165, 1.54) is 6.26 Å². The van der Waals surface area contributed by atoms with Crippen molar-refractivity contribution in [2.45, 2.75) is 0 Å². The predicted molar refractivity (Wildman–Crippen MR) is 42.8 cm³/mol. The lowest BCUT2D eigenvalue weighted by atomic mass is 10.6. The lowest BCUT2D eigenvalue weighted by Crippen LogP contribution is -2.25. The van der Waals surface area contributed by atoms with Crippen molar-refractivity contribution in [1.29, 1.82) is 5.26 Å². The first-order chi connectivity index (χ1) is 4.95. The molecule has 0 amide bonds. The summed E-state index contributed by atoms with van der Waals surface area (Å²) in [5.41, 5.74) is 0. The van der Waals surface area contributed by atoms with Gasteiger partial charge in [-0.15, -0.1) is 0 Å². The van der Waals surface area contributed by atoms with Gasteiger partial charge in [0.25, 0.3) is 0 Å². The third-order valence-electron chi connectivity index (χ3n) is 1.18. The number of sulfone groups is 1. The molecule has 0 N–H and O–H groups in total. The lowest BCUT2D eigenvalue weighted by molar-refractivity contribution is 0.396. The molecule has 0 fully saturated rings. The van der Waals surface area contributed by atoms with Gasteiger partial charge in [-0.1, -0.05) is 0 Å². The summed E-state index contributed by atoms with van der Waals surface area (Å²) in [4.78, 5) is 1.67. The second-order valence-electron chi connectivity index (χ2n) is 2.53. The third kappa shape index (κ3) is 7.30. The highest BCUT2D eigenvalue weighted by molar-refractivity contribution is 7.90. The number of hydrogen-bond acceptors (Lipinski definition) is 4. The standard InChI is InChI=1S/C6H12N2O2S/c1-8(4-3-7)5-6-11(2,9)10/h4-6H2,1-2H3. The van der Waals surface area contributed by atoms with Gasteiger partial charge in [0.15, 0.2) is 0 Å². The van der Waals surface area contributed by atoms with Crippen molar-refractivity contribution >= 4 is 9.84 Å². The maximum absolute atomic E-state index is 10.6. The van der Waals surface area contributed by atoms with Crippen LogP contribution in [0.3, 0.4) is 0 Å². The molecule has 11 heavy (non-hydrogen) atoms. The van der Waals surface area contributed by atoms with E-state index in [-0.39, 0.29) is 12.3 Å². The minimum atomic E-state index is -2.89. The van der Waals surface area contributed by atoms with Crippen molar-refractivity contribution < 1.29 is 8.42 Å². The molecule has 0 aliphatic rings. The Balaban J connectivity index is 3.65. The highest BCUT2D eigenvalue weighted by Crippen LogP contribution is 1.86. The molecule has 0 heterocycles. The Hall–Kier alpha value is -0.600. The Morgan fingerprint density at radius 1 is 1.55 bits per heavy atom. The first kappa shape index (κ1) is 10.4. The van der Waals surface area contributed by atoms with Crippen LogP contribution in [0.15, 0.2) is 0 Å². The van der Waals surface area contributed by atoms with Crippen molar-refractivity contribution in [2.75, 3.05) is 32.1 Å². The summed E-state index contributed by atoms with van der Waals surface area (Å²) < 4.78 is 21.3. The van der Waals surface area contributed by atoms with Crippen molar-refractivity contribution in [3.8, 4) is 6.07 Å². The van der Waals surface area contributed by atoms with E-state index < -0.39 is 9.84 Å². The molecule has 0 atom stereocenters. The van der Waals surface area contributed by atoms with E-state index in [0.717, 1.165) is 0 Å². The molecule has 0 rings (SSSR count). The molecule has 0 saturated heterocycles. The van der Waals surface area contributed by atoms with Crippen molar-refractivity contribution in [2.24, 2.45) is 0 Å². The minimum Gasteiger partial charge on any atom is -0.293 e. The zero-order valence-corrected chi connectivity index (χ0v) is 7.56. The summed E-state index contributed by atoms with van der Waals surface area (Å²) in [7, 11) is -1.17. The lowest BCUT2D eigenvalue weighted by Gasteiger charge is -2.10. The van der Waals surface area contributed by atoms with Crippen LogP contribution >= 0.6 is 0 Å². The Morgan fingerprint density at radius 3 is 2.45 bits per heavy atom. The molecule has 0 unspecified atom stereocenters.